The predicted octanol–water partition coefficient (Wildman–Crippen LogP) is 3.88. The Hall–Kier alpha value is -3.74. The first-order chi connectivity index (χ1) is 13.5. The zero-order chi connectivity index (χ0) is 20.1. The fraction of sp³-hybridized carbons (Fsp3) is 0.143. The molecule has 0 spiro atoms. The van der Waals surface area contributed by atoms with Crippen molar-refractivity contribution < 1.29 is 14.3 Å². The number of hydrogen-bond acceptors (Lipinski definition) is 6. The van der Waals surface area contributed by atoms with E-state index >= 15 is 0 Å². The van der Waals surface area contributed by atoms with Crippen molar-refractivity contribution in [3.63, 3.8) is 0 Å². The Balaban J connectivity index is 1.77. The highest BCUT2D eigenvalue weighted by Gasteiger charge is 2.12. The van der Waals surface area contributed by atoms with Crippen molar-refractivity contribution in [1.29, 1.82) is 0 Å². The van der Waals surface area contributed by atoms with Crippen LogP contribution in [0.5, 0.6) is 0 Å². The molecule has 0 saturated heterocycles. The summed E-state index contributed by atoms with van der Waals surface area (Å²) in [5, 5.41) is 5.94. The minimum atomic E-state index is -0.474. The molecule has 0 aliphatic carbocycles. The molecule has 7 nitrogen and oxygen atoms in total. The molecule has 1 aromatic heterocycles. The molecule has 0 fully saturated rings. The maximum absolute atomic E-state index is 12.5. The van der Waals surface area contributed by atoms with E-state index in [4.69, 9.17) is 4.74 Å². The molecule has 7 heteroatoms. The van der Waals surface area contributed by atoms with Gasteiger partial charge < -0.3 is 15.4 Å². The average Bonchev–Trinajstić information content (AvgIpc) is 2.70. The summed E-state index contributed by atoms with van der Waals surface area (Å²) in [4.78, 5) is 32.4. The van der Waals surface area contributed by atoms with Gasteiger partial charge in [-0.15, -0.1) is 0 Å². The van der Waals surface area contributed by atoms with Crippen molar-refractivity contribution in [2.45, 2.75) is 13.8 Å². The van der Waals surface area contributed by atoms with Crippen molar-refractivity contribution in [2.24, 2.45) is 0 Å². The van der Waals surface area contributed by atoms with Gasteiger partial charge in [-0.2, -0.15) is 0 Å². The second kappa shape index (κ2) is 8.30. The maximum Gasteiger partial charge on any atom is 0.337 e. The number of benzene rings is 2. The van der Waals surface area contributed by atoms with E-state index in [1.54, 1.807) is 30.3 Å². The second-order valence-corrected chi connectivity index (χ2v) is 6.26. The molecular weight excluding hydrogens is 356 g/mol. The summed E-state index contributed by atoms with van der Waals surface area (Å²) in [6.07, 6.45) is 1.33. The van der Waals surface area contributed by atoms with Crippen molar-refractivity contribution >= 4 is 29.1 Å². The first kappa shape index (κ1) is 19.0. The molecule has 0 saturated carbocycles. The summed E-state index contributed by atoms with van der Waals surface area (Å²) in [5.41, 5.74) is 4.11. The molecule has 0 unspecified atom stereocenters. The molecule has 28 heavy (non-hydrogen) atoms. The third-order valence-corrected chi connectivity index (χ3v) is 4.10. The van der Waals surface area contributed by atoms with Gasteiger partial charge in [-0.1, -0.05) is 18.2 Å². The Morgan fingerprint density at radius 3 is 2.61 bits per heavy atom. The van der Waals surface area contributed by atoms with E-state index in [2.05, 4.69) is 20.6 Å². The van der Waals surface area contributed by atoms with Crippen LogP contribution in [0.1, 0.15) is 32.0 Å². The van der Waals surface area contributed by atoms with Gasteiger partial charge in [-0.05, 0) is 49.2 Å². The molecule has 0 aliphatic rings. The molecule has 3 aromatic rings. The highest BCUT2D eigenvalue weighted by molar-refractivity contribution is 6.04. The van der Waals surface area contributed by atoms with E-state index in [-0.39, 0.29) is 5.69 Å². The molecular formula is C21H20N4O3. The standard InChI is InChI=1S/C21H20N4O3/c1-13-7-8-14(2)17(9-13)25-19-11-18(22-12-23-19)20(26)24-16-6-4-5-15(10-16)21(27)28-3/h4-12H,1-3H3,(H,24,26)(H,22,23,25). The lowest BCUT2D eigenvalue weighted by molar-refractivity contribution is 0.0600. The van der Waals surface area contributed by atoms with E-state index < -0.39 is 11.9 Å². The number of carbonyl (C=O) groups excluding carboxylic acids is 2. The van der Waals surface area contributed by atoms with E-state index in [1.165, 1.54) is 13.4 Å². The van der Waals surface area contributed by atoms with Crippen LogP contribution in [0.15, 0.2) is 54.9 Å². The summed E-state index contributed by atoms with van der Waals surface area (Å²) in [7, 11) is 1.30. The predicted molar refractivity (Wildman–Crippen MR) is 107 cm³/mol. The zero-order valence-corrected chi connectivity index (χ0v) is 15.8. The topological polar surface area (TPSA) is 93.2 Å². The lowest BCUT2D eigenvalue weighted by Crippen LogP contribution is -2.15. The summed E-state index contributed by atoms with van der Waals surface area (Å²) in [5.74, 6) is -0.372. The smallest absolute Gasteiger partial charge is 0.337 e. The van der Waals surface area contributed by atoms with E-state index in [9.17, 15) is 9.59 Å². The third-order valence-electron chi connectivity index (χ3n) is 4.10. The van der Waals surface area contributed by atoms with Crippen LogP contribution in [0.2, 0.25) is 0 Å². The molecule has 0 aliphatic heterocycles. The number of hydrogen-bond donors (Lipinski definition) is 2. The minimum Gasteiger partial charge on any atom is -0.465 e. The molecule has 1 amide bonds. The van der Waals surface area contributed by atoms with Crippen LogP contribution in [-0.4, -0.2) is 29.0 Å². The maximum atomic E-state index is 12.5. The van der Waals surface area contributed by atoms with Crippen LogP contribution >= 0.6 is 0 Å². The van der Waals surface area contributed by atoms with Gasteiger partial charge in [0.2, 0.25) is 0 Å². The van der Waals surface area contributed by atoms with Crippen molar-refractivity contribution in [1.82, 2.24) is 9.97 Å². The molecule has 0 atom stereocenters. The number of rotatable bonds is 5. The Kier molecular flexibility index (Phi) is 5.64. The lowest BCUT2D eigenvalue weighted by atomic mass is 10.1. The summed E-state index contributed by atoms with van der Waals surface area (Å²) < 4.78 is 4.69. The lowest BCUT2D eigenvalue weighted by Gasteiger charge is -2.11. The van der Waals surface area contributed by atoms with Gasteiger partial charge in [0.25, 0.3) is 5.91 Å². The Morgan fingerprint density at radius 1 is 1.00 bits per heavy atom. The number of carbonyl (C=O) groups is 2. The molecule has 142 valence electrons. The number of nitrogens with one attached hydrogen (secondary N) is 2. The first-order valence-electron chi connectivity index (χ1n) is 8.62. The van der Waals surface area contributed by atoms with Crippen LogP contribution in [0.25, 0.3) is 0 Å². The molecule has 2 aromatic carbocycles. The Bertz CT molecular complexity index is 1030. The van der Waals surface area contributed by atoms with Gasteiger partial charge in [-0.25, -0.2) is 14.8 Å². The van der Waals surface area contributed by atoms with Crippen molar-refractivity contribution in [3.05, 3.63) is 77.2 Å². The van der Waals surface area contributed by atoms with Gasteiger partial charge in [0, 0.05) is 17.4 Å². The van der Waals surface area contributed by atoms with Crippen LogP contribution in [0.4, 0.5) is 17.2 Å². The van der Waals surface area contributed by atoms with E-state index in [0.717, 1.165) is 16.8 Å². The van der Waals surface area contributed by atoms with Crippen LogP contribution < -0.4 is 10.6 Å². The number of esters is 1. The first-order valence-corrected chi connectivity index (χ1v) is 8.62. The highest BCUT2D eigenvalue weighted by Crippen LogP contribution is 2.21. The van der Waals surface area contributed by atoms with Crippen molar-refractivity contribution in [3.8, 4) is 0 Å². The summed E-state index contributed by atoms with van der Waals surface area (Å²) in [6.45, 7) is 4.00. The van der Waals surface area contributed by atoms with Crippen molar-refractivity contribution in [2.75, 3.05) is 17.7 Å². The Labute approximate surface area is 162 Å². The number of aryl methyl sites for hydroxylation is 2. The second-order valence-electron chi connectivity index (χ2n) is 6.26. The minimum absolute atomic E-state index is 0.200. The van der Waals surface area contributed by atoms with Crippen LogP contribution in [0, 0.1) is 13.8 Å². The van der Waals surface area contributed by atoms with Crippen LogP contribution in [0.3, 0.4) is 0 Å². The zero-order valence-electron chi connectivity index (χ0n) is 15.8. The molecule has 0 bridgehead atoms. The largest absolute Gasteiger partial charge is 0.465 e. The van der Waals surface area contributed by atoms with Gasteiger partial charge in [0.05, 0.1) is 12.7 Å². The van der Waals surface area contributed by atoms with Gasteiger partial charge in [-0.3, -0.25) is 4.79 Å². The summed E-state index contributed by atoms with van der Waals surface area (Å²) >= 11 is 0. The van der Waals surface area contributed by atoms with Crippen LogP contribution in [-0.2, 0) is 4.74 Å². The van der Waals surface area contributed by atoms with E-state index in [1.807, 2.05) is 32.0 Å². The molecule has 3 rings (SSSR count). The SMILES string of the molecule is COC(=O)c1cccc(NC(=O)c2cc(Nc3cc(C)ccc3C)ncn2)c1. The molecule has 0 radical (unpaired) electrons. The number of ether oxygens (including phenoxy) is 1. The third kappa shape index (κ3) is 4.50. The van der Waals surface area contributed by atoms with Gasteiger partial charge in [0.1, 0.15) is 17.8 Å². The number of aromatic nitrogens is 2. The Morgan fingerprint density at radius 2 is 1.82 bits per heavy atom. The normalized spacial score (nSPS) is 10.2. The number of nitrogens with zero attached hydrogens (tertiary/aromatic N) is 2. The number of anilines is 3. The molecule has 1 heterocycles. The highest BCUT2D eigenvalue weighted by atomic mass is 16.5. The number of methoxy groups -OCH3 is 1. The van der Waals surface area contributed by atoms with Gasteiger partial charge in [0.15, 0.2) is 0 Å². The monoisotopic (exact) mass is 376 g/mol. The van der Waals surface area contributed by atoms with Gasteiger partial charge >= 0.3 is 5.97 Å². The van der Waals surface area contributed by atoms with E-state index in [0.29, 0.717) is 17.1 Å². The fourth-order valence-corrected chi connectivity index (χ4v) is 2.60. The average molecular weight is 376 g/mol. The molecule has 2 N–H and O–H groups in total. The summed E-state index contributed by atoms with van der Waals surface area (Å²) in [6, 6.07) is 14.1. The number of amides is 1. The quantitative estimate of drug-likeness (QED) is 0.657. The fourth-order valence-electron chi connectivity index (χ4n) is 2.60.